The van der Waals surface area contributed by atoms with Crippen LogP contribution >= 0.6 is 0 Å². The highest BCUT2D eigenvalue weighted by molar-refractivity contribution is 5.12. The molecule has 1 aliphatic carbocycles. The second-order valence-corrected chi connectivity index (χ2v) is 4.33. The van der Waals surface area contributed by atoms with E-state index >= 15 is 0 Å². The molecule has 1 radical (unpaired) electrons. The van der Waals surface area contributed by atoms with Crippen molar-refractivity contribution in [2.24, 2.45) is 11.8 Å². The number of hydrogen-bond acceptors (Lipinski definition) is 1. The quantitative estimate of drug-likeness (QED) is 0.749. The SMILES string of the molecule is CC(CNCc1[c]cccc1)C1CC1. The van der Waals surface area contributed by atoms with E-state index in [1.54, 1.807) is 0 Å². The molecule has 1 N–H and O–H groups in total. The Bertz CT molecular complexity index is 264. The molecular formula is C13H18N. The molecule has 1 saturated carbocycles. The topological polar surface area (TPSA) is 12.0 Å². The zero-order chi connectivity index (χ0) is 9.80. The lowest BCUT2D eigenvalue weighted by Gasteiger charge is -2.10. The van der Waals surface area contributed by atoms with Gasteiger partial charge >= 0.3 is 0 Å². The molecule has 1 fully saturated rings. The first-order valence-corrected chi connectivity index (χ1v) is 5.52. The van der Waals surface area contributed by atoms with E-state index in [1.165, 1.54) is 18.4 Å². The standard InChI is InChI=1S/C13H18N/c1-11(13-7-8-13)9-14-10-12-5-3-2-4-6-12/h2-5,11,13-14H,7-10H2,1H3. The van der Waals surface area contributed by atoms with Crippen molar-refractivity contribution in [2.45, 2.75) is 26.3 Å². The predicted molar refractivity (Wildman–Crippen MR) is 58.9 cm³/mol. The maximum atomic E-state index is 3.49. The van der Waals surface area contributed by atoms with Crippen molar-refractivity contribution < 1.29 is 0 Å². The molecule has 1 unspecified atom stereocenters. The summed E-state index contributed by atoms with van der Waals surface area (Å²) in [5, 5.41) is 3.49. The molecule has 0 amide bonds. The summed E-state index contributed by atoms with van der Waals surface area (Å²) in [6.07, 6.45) is 2.89. The minimum absolute atomic E-state index is 0.846. The van der Waals surface area contributed by atoms with Gasteiger partial charge in [0.1, 0.15) is 0 Å². The molecule has 0 aliphatic heterocycles. The number of hydrogen-bond donors (Lipinski definition) is 1. The van der Waals surface area contributed by atoms with E-state index in [0.717, 1.165) is 24.9 Å². The first-order valence-electron chi connectivity index (χ1n) is 5.52. The molecule has 0 spiro atoms. The molecule has 0 aromatic heterocycles. The van der Waals surface area contributed by atoms with Gasteiger partial charge in [0.25, 0.3) is 0 Å². The van der Waals surface area contributed by atoms with Crippen LogP contribution in [0.1, 0.15) is 25.3 Å². The van der Waals surface area contributed by atoms with Crippen molar-refractivity contribution in [1.29, 1.82) is 0 Å². The van der Waals surface area contributed by atoms with Crippen molar-refractivity contribution in [1.82, 2.24) is 5.32 Å². The molecule has 1 nitrogen and oxygen atoms in total. The summed E-state index contributed by atoms with van der Waals surface area (Å²) in [5.41, 5.74) is 1.26. The summed E-state index contributed by atoms with van der Waals surface area (Å²) >= 11 is 0. The molecular weight excluding hydrogens is 170 g/mol. The fourth-order valence-corrected chi connectivity index (χ4v) is 1.81. The average molecular weight is 188 g/mol. The van der Waals surface area contributed by atoms with Crippen molar-refractivity contribution in [3.63, 3.8) is 0 Å². The van der Waals surface area contributed by atoms with Gasteiger partial charge < -0.3 is 5.32 Å². The van der Waals surface area contributed by atoms with Gasteiger partial charge in [0, 0.05) is 6.54 Å². The van der Waals surface area contributed by atoms with Crippen molar-refractivity contribution >= 4 is 0 Å². The van der Waals surface area contributed by atoms with Gasteiger partial charge in [-0.1, -0.05) is 31.2 Å². The Hall–Kier alpha value is -0.820. The summed E-state index contributed by atoms with van der Waals surface area (Å²) in [5.74, 6) is 1.85. The normalized spacial score (nSPS) is 18.1. The van der Waals surface area contributed by atoms with E-state index in [2.05, 4.69) is 30.4 Å². The fourth-order valence-electron chi connectivity index (χ4n) is 1.81. The van der Waals surface area contributed by atoms with Gasteiger partial charge in [0.05, 0.1) is 0 Å². The molecule has 0 bridgehead atoms. The van der Waals surface area contributed by atoms with E-state index < -0.39 is 0 Å². The molecule has 2 rings (SSSR count). The molecule has 1 heteroatoms. The Balaban J connectivity index is 1.67. The Morgan fingerprint density at radius 2 is 2.36 bits per heavy atom. The first kappa shape index (κ1) is 9.72. The van der Waals surface area contributed by atoms with Crippen LogP contribution in [-0.2, 0) is 6.54 Å². The van der Waals surface area contributed by atoms with Crippen LogP contribution in [0, 0.1) is 17.9 Å². The van der Waals surface area contributed by atoms with Crippen molar-refractivity contribution in [2.75, 3.05) is 6.54 Å². The molecule has 75 valence electrons. The summed E-state index contributed by atoms with van der Waals surface area (Å²) < 4.78 is 0. The predicted octanol–water partition coefficient (Wildman–Crippen LogP) is 2.62. The third-order valence-corrected chi connectivity index (χ3v) is 2.98. The van der Waals surface area contributed by atoms with E-state index in [1.807, 2.05) is 12.1 Å². The summed E-state index contributed by atoms with van der Waals surface area (Å²) in [4.78, 5) is 0. The Morgan fingerprint density at radius 3 is 3.00 bits per heavy atom. The molecule has 0 heterocycles. The highest BCUT2D eigenvalue weighted by atomic mass is 14.9. The minimum atomic E-state index is 0.846. The van der Waals surface area contributed by atoms with Gasteiger partial charge in [-0.25, -0.2) is 0 Å². The van der Waals surface area contributed by atoms with Crippen LogP contribution in [0.3, 0.4) is 0 Å². The van der Waals surface area contributed by atoms with E-state index in [4.69, 9.17) is 0 Å². The molecule has 14 heavy (non-hydrogen) atoms. The largest absolute Gasteiger partial charge is 0.312 e. The third-order valence-electron chi connectivity index (χ3n) is 2.98. The Kier molecular flexibility index (Phi) is 3.20. The number of rotatable bonds is 5. The maximum absolute atomic E-state index is 3.49. The van der Waals surface area contributed by atoms with E-state index in [9.17, 15) is 0 Å². The third kappa shape index (κ3) is 2.85. The number of benzene rings is 1. The Morgan fingerprint density at radius 1 is 1.50 bits per heavy atom. The van der Waals surface area contributed by atoms with Gasteiger partial charge in [-0.2, -0.15) is 0 Å². The fraction of sp³-hybridized carbons (Fsp3) is 0.538. The average Bonchev–Trinajstić information content (AvgIpc) is 3.02. The van der Waals surface area contributed by atoms with Crippen LogP contribution in [-0.4, -0.2) is 6.54 Å². The van der Waals surface area contributed by atoms with Gasteiger partial charge in [-0.15, -0.1) is 0 Å². The molecule has 1 aliphatic rings. The zero-order valence-electron chi connectivity index (χ0n) is 8.79. The van der Waals surface area contributed by atoms with Crippen LogP contribution in [0.15, 0.2) is 24.3 Å². The van der Waals surface area contributed by atoms with Crippen LogP contribution in [0.2, 0.25) is 0 Å². The highest BCUT2D eigenvalue weighted by Crippen LogP contribution is 2.36. The zero-order valence-corrected chi connectivity index (χ0v) is 8.79. The first-order chi connectivity index (χ1) is 6.86. The van der Waals surface area contributed by atoms with E-state index in [0.29, 0.717) is 0 Å². The number of nitrogens with one attached hydrogen (secondary N) is 1. The van der Waals surface area contributed by atoms with Crippen LogP contribution in [0.5, 0.6) is 0 Å². The monoisotopic (exact) mass is 188 g/mol. The van der Waals surface area contributed by atoms with Crippen LogP contribution in [0.4, 0.5) is 0 Å². The molecule has 1 aromatic rings. The Labute approximate surface area is 86.5 Å². The van der Waals surface area contributed by atoms with Crippen molar-refractivity contribution in [3.05, 3.63) is 35.9 Å². The lowest BCUT2D eigenvalue weighted by atomic mass is 10.1. The molecule has 1 aromatic carbocycles. The summed E-state index contributed by atoms with van der Waals surface area (Å²) in [7, 11) is 0. The minimum Gasteiger partial charge on any atom is -0.312 e. The smallest absolute Gasteiger partial charge is 0.0211 e. The maximum Gasteiger partial charge on any atom is 0.0211 e. The lowest BCUT2D eigenvalue weighted by Crippen LogP contribution is -2.21. The second-order valence-electron chi connectivity index (χ2n) is 4.33. The van der Waals surface area contributed by atoms with Gasteiger partial charge in [0.2, 0.25) is 0 Å². The molecule has 1 atom stereocenters. The van der Waals surface area contributed by atoms with Gasteiger partial charge in [0.15, 0.2) is 0 Å². The molecule has 0 saturated heterocycles. The van der Waals surface area contributed by atoms with Crippen molar-refractivity contribution in [3.8, 4) is 0 Å². The second kappa shape index (κ2) is 4.61. The lowest BCUT2D eigenvalue weighted by molar-refractivity contribution is 0.461. The van der Waals surface area contributed by atoms with Gasteiger partial charge in [-0.3, -0.25) is 0 Å². The summed E-state index contributed by atoms with van der Waals surface area (Å²) in [6, 6.07) is 11.4. The van der Waals surface area contributed by atoms with E-state index in [-0.39, 0.29) is 0 Å². The summed E-state index contributed by atoms with van der Waals surface area (Å²) in [6.45, 7) is 4.45. The van der Waals surface area contributed by atoms with Crippen LogP contribution < -0.4 is 5.32 Å². The van der Waals surface area contributed by atoms with Gasteiger partial charge in [-0.05, 0) is 42.9 Å². The van der Waals surface area contributed by atoms with Crippen LogP contribution in [0.25, 0.3) is 0 Å². The highest BCUT2D eigenvalue weighted by Gasteiger charge is 2.27.